The Balaban J connectivity index is 1.23. The predicted octanol–water partition coefficient (Wildman–Crippen LogP) is 2.11. The van der Waals surface area contributed by atoms with E-state index in [1.54, 1.807) is 6.20 Å². The van der Waals surface area contributed by atoms with E-state index in [9.17, 15) is 4.79 Å². The molecule has 1 atom stereocenters. The zero-order valence-electron chi connectivity index (χ0n) is 17.3. The number of aromatic nitrogens is 3. The van der Waals surface area contributed by atoms with Crippen LogP contribution in [0, 0.1) is 12.8 Å². The van der Waals surface area contributed by atoms with Crippen LogP contribution in [-0.2, 0) is 17.9 Å². The first-order valence-corrected chi connectivity index (χ1v) is 10.8. The molecule has 2 aliphatic heterocycles. The van der Waals surface area contributed by atoms with E-state index in [0.717, 1.165) is 57.0 Å². The molecule has 2 aromatic rings. The van der Waals surface area contributed by atoms with E-state index in [1.807, 2.05) is 31.5 Å². The van der Waals surface area contributed by atoms with Gasteiger partial charge in [0, 0.05) is 63.1 Å². The number of aryl methyl sites for hydroxylation is 1. The molecule has 2 aromatic heterocycles. The first kappa shape index (κ1) is 20.0. The number of H-pyrrole nitrogens is 1. The van der Waals surface area contributed by atoms with Gasteiger partial charge in [-0.3, -0.25) is 19.6 Å². The van der Waals surface area contributed by atoms with Crippen LogP contribution in [0.2, 0.25) is 0 Å². The van der Waals surface area contributed by atoms with Gasteiger partial charge in [0.2, 0.25) is 5.91 Å². The molecular weight excluding hydrogens is 364 g/mol. The van der Waals surface area contributed by atoms with Crippen molar-refractivity contribution in [2.75, 3.05) is 26.2 Å². The minimum Gasteiger partial charge on any atom is -0.352 e. The molecule has 0 aliphatic carbocycles. The Bertz CT molecular complexity index is 784. The van der Waals surface area contributed by atoms with Crippen LogP contribution in [0.25, 0.3) is 0 Å². The quantitative estimate of drug-likeness (QED) is 0.782. The van der Waals surface area contributed by atoms with Gasteiger partial charge in [0.1, 0.15) is 5.82 Å². The summed E-state index contributed by atoms with van der Waals surface area (Å²) < 4.78 is 0. The number of likely N-dealkylation sites (tertiary alicyclic amines) is 2. The number of rotatable bonds is 6. The number of piperidine rings is 2. The number of hydrogen-bond acceptors (Lipinski definition) is 5. The Hall–Kier alpha value is -2.25. The van der Waals surface area contributed by atoms with Gasteiger partial charge < -0.3 is 10.3 Å². The van der Waals surface area contributed by atoms with Gasteiger partial charge in [-0.15, -0.1) is 0 Å². The molecule has 2 saturated heterocycles. The van der Waals surface area contributed by atoms with Gasteiger partial charge in [0.25, 0.3) is 0 Å². The monoisotopic (exact) mass is 396 g/mol. The average molecular weight is 397 g/mol. The van der Waals surface area contributed by atoms with E-state index in [4.69, 9.17) is 0 Å². The maximum Gasteiger partial charge on any atom is 0.224 e. The van der Waals surface area contributed by atoms with Crippen molar-refractivity contribution in [3.63, 3.8) is 0 Å². The normalized spacial score (nSPS) is 21.9. The van der Waals surface area contributed by atoms with Crippen molar-refractivity contribution in [2.45, 2.75) is 51.7 Å². The van der Waals surface area contributed by atoms with Crippen molar-refractivity contribution >= 4 is 5.91 Å². The van der Waals surface area contributed by atoms with Crippen LogP contribution in [0.1, 0.15) is 42.8 Å². The van der Waals surface area contributed by atoms with Crippen molar-refractivity contribution in [1.82, 2.24) is 30.1 Å². The molecule has 29 heavy (non-hydrogen) atoms. The highest BCUT2D eigenvalue weighted by Crippen LogP contribution is 2.24. The molecule has 2 aliphatic rings. The van der Waals surface area contributed by atoms with Crippen LogP contribution < -0.4 is 5.32 Å². The van der Waals surface area contributed by atoms with Crippen LogP contribution >= 0.6 is 0 Å². The van der Waals surface area contributed by atoms with E-state index >= 15 is 0 Å². The summed E-state index contributed by atoms with van der Waals surface area (Å²) in [5, 5.41) is 3.11. The summed E-state index contributed by atoms with van der Waals surface area (Å²) in [5.74, 6) is 1.27. The van der Waals surface area contributed by atoms with Crippen LogP contribution in [0.5, 0.6) is 0 Å². The van der Waals surface area contributed by atoms with Crippen molar-refractivity contribution in [1.29, 1.82) is 0 Å². The number of carbonyl (C=O) groups is 1. The van der Waals surface area contributed by atoms with Gasteiger partial charge in [-0.2, -0.15) is 0 Å². The third-order valence-electron chi connectivity index (χ3n) is 6.24. The Morgan fingerprint density at radius 2 is 2.10 bits per heavy atom. The number of nitrogens with one attached hydrogen (secondary N) is 2. The first-order valence-electron chi connectivity index (χ1n) is 10.8. The Morgan fingerprint density at radius 3 is 2.83 bits per heavy atom. The summed E-state index contributed by atoms with van der Waals surface area (Å²) in [5.41, 5.74) is 2.25. The van der Waals surface area contributed by atoms with Gasteiger partial charge in [-0.25, -0.2) is 4.98 Å². The van der Waals surface area contributed by atoms with Gasteiger partial charge in [0.15, 0.2) is 0 Å². The molecule has 4 heterocycles. The van der Waals surface area contributed by atoms with Crippen LogP contribution in [0.15, 0.2) is 30.7 Å². The predicted molar refractivity (Wildman–Crippen MR) is 112 cm³/mol. The van der Waals surface area contributed by atoms with E-state index in [-0.39, 0.29) is 11.8 Å². The third-order valence-corrected chi connectivity index (χ3v) is 6.24. The van der Waals surface area contributed by atoms with Crippen molar-refractivity contribution in [3.8, 4) is 0 Å². The highest BCUT2D eigenvalue weighted by Gasteiger charge is 2.31. The zero-order valence-corrected chi connectivity index (χ0v) is 17.3. The molecule has 2 N–H and O–H groups in total. The van der Waals surface area contributed by atoms with E-state index < -0.39 is 0 Å². The van der Waals surface area contributed by atoms with Crippen molar-refractivity contribution in [3.05, 3.63) is 47.8 Å². The molecule has 0 saturated carbocycles. The SMILES string of the molecule is Cc1ncc(CN2CCC(N3CCCC(C(=O)NCc4cccnc4)C3)CC2)[nH]1. The maximum absolute atomic E-state index is 12.7. The lowest BCUT2D eigenvalue weighted by molar-refractivity contribution is -0.127. The molecular formula is C22H32N6O. The topological polar surface area (TPSA) is 77.2 Å². The average Bonchev–Trinajstić information content (AvgIpc) is 3.18. The first-order chi connectivity index (χ1) is 14.2. The Kier molecular flexibility index (Phi) is 6.56. The molecule has 4 rings (SSSR count). The Labute approximate surface area is 172 Å². The van der Waals surface area contributed by atoms with E-state index in [1.165, 1.54) is 18.5 Å². The molecule has 156 valence electrons. The molecule has 0 spiro atoms. The van der Waals surface area contributed by atoms with Gasteiger partial charge in [-0.1, -0.05) is 6.07 Å². The summed E-state index contributed by atoms with van der Waals surface area (Å²) in [7, 11) is 0. The third kappa shape index (κ3) is 5.42. The number of carbonyl (C=O) groups excluding carboxylic acids is 1. The van der Waals surface area contributed by atoms with E-state index in [0.29, 0.717) is 12.6 Å². The molecule has 1 unspecified atom stereocenters. The number of aromatic amines is 1. The van der Waals surface area contributed by atoms with Crippen LogP contribution in [0.4, 0.5) is 0 Å². The fourth-order valence-corrected chi connectivity index (χ4v) is 4.62. The number of nitrogens with zero attached hydrogens (tertiary/aromatic N) is 4. The van der Waals surface area contributed by atoms with E-state index in [2.05, 4.69) is 30.1 Å². The molecule has 2 fully saturated rings. The maximum atomic E-state index is 12.7. The van der Waals surface area contributed by atoms with Crippen molar-refractivity contribution in [2.24, 2.45) is 5.92 Å². The minimum absolute atomic E-state index is 0.103. The van der Waals surface area contributed by atoms with Gasteiger partial charge >= 0.3 is 0 Å². The van der Waals surface area contributed by atoms with Crippen molar-refractivity contribution < 1.29 is 4.79 Å². The second-order valence-corrected chi connectivity index (χ2v) is 8.41. The van der Waals surface area contributed by atoms with Gasteiger partial charge in [0.05, 0.1) is 5.92 Å². The number of imidazole rings is 1. The van der Waals surface area contributed by atoms with Gasteiger partial charge in [-0.05, 0) is 50.8 Å². The zero-order chi connectivity index (χ0) is 20.1. The lowest BCUT2D eigenvalue weighted by Gasteiger charge is -2.42. The molecule has 0 aromatic carbocycles. The second-order valence-electron chi connectivity index (χ2n) is 8.41. The second kappa shape index (κ2) is 9.50. The number of hydrogen-bond donors (Lipinski definition) is 2. The standard InChI is InChI=1S/C22H32N6O/c1-17-24-14-20(26-17)16-27-10-6-21(7-11-27)28-9-3-5-19(15-28)22(29)25-13-18-4-2-8-23-12-18/h2,4,8,12,14,19,21H,3,5-7,9-11,13,15-16H2,1H3,(H,24,26)(H,25,29). The number of pyridine rings is 1. The summed E-state index contributed by atoms with van der Waals surface area (Å²) in [6.45, 7) is 7.74. The summed E-state index contributed by atoms with van der Waals surface area (Å²) in [4.78, 5) is 29.5. The Morgan fingerprint density at radius 1 is 1.24 bits per heavy atom. The molecule has 0 bridgehead atoms. The number of amides is 1. The summed E-state index contributed by atoms with van der Waals surface area (Å²) in [6, 6.07) is 4.51. The minimum atomic E-state index is 0.103. The fourth-order valence-electron chi connectivity index (χ4n) is 4.62. The largest absolute Gasteiger partial charge is 0.352 e. The summed E-state index contributed by atoms with van der Waals surface area (Å²) >= 11 is 0. The lowest BCUT2D eigenvalue weighted by atomic mass is 9.93. The summed E-state index contributed by atoms with van der Waals surface area (Å²) in [6.07, 6.45) is 9.97. The van der Waals surface area contributed by atoms with Crippen LogP contribution in [0.3, 0.4) is 0 Å². The fraction of sp³-hybridized carbons (Fsp3) is 0.591. The molecule has 0 radical (unpaired) electrons. The molecule has 7 nitrogen and oxygen atoms in total. The molecule has 1 amide bonds. The van der Waals surface area contributed by atoms with Crippen LogP contribution in [-0.4, -0.2) is 62.9 Å². The lowest BCUT2D eigenvalue weighted by Crippen LogP contribution is -2.50. The molecule has 7 heteroatoms. The highest BCUT2D eigenvalue weighted by atomic mass is 16.1. The highest BCUT2D eigenvalue weighted by molar-refractivity contribution is 5.78. The smallest absolute Gasteiger partial charge is 0.224 e.